The number of benzene rings is 6. The van der Waals surface area contributed by atoms with E-state index in [1.165, 1.54) is 0 Å². The second kappa shape index (κ2) is 15.4. The van der Waals surface area contributed by atoms with Crippen molar-refractivity contribution < 1.29 is 51.6 Å². The molecule has 9 heteroatoms. The molecule has 0 fully saturated rings. The topological polar surface area (TPSA) is 75.0 Å². The van der Waals surface area contributed by atoms with Gasteiger partial charge in [-0.05, 0) is 51.1 Å². The summed E-state index contributed by atoms with van der Waals surface area (Å²) in [7, 11) is 0. The number of pyridine rings is 2. The number of aromatic nitrogens is 5. The van der Waals surface area contributed by atoms with E-state index in [0.29, 0.717) is 28.9 Å². The first kappa shape index (κ1) is 36.0. The van der Waals surface area contributed by atoms with E-state index in [-0.39, 0.29) is 42.1 Å². The number of hydrogen-bond donors (Lipinski definition) is 0. The van der Waals surface area contributed by atoms with Crippen molar-refractivity contribution in [2.75, 3.05) is 0 Å². The third-order valence-corrected chi connectivity index (χ3v) is 9.12. The Morgan fingerprint density at radius 1 is 0.382 bits per heavy atom. The van der Waals surface area contributed by atoms with Crippen molar-refractivity contribution in [3.8, 4) is 51.5 Å². The molecule has 0 unspecified atom stereocenters. The fraction of sp³-hybridized carbons (Fsp3) is 0. The van der Waals surface area contributed by atoms with Gasteiger partial charge in [0.15, 0.2) is 0 Å². The van der Waals surface area contributed by atoms with E-state index in [4.69, 9.17) is 9.47 Å². The van der Waals surface area contributed by atoms with E-state index >= 15 is 0 Å². The Morgan fingerprint density at radius 2 is 0.855 bits per heavy atom. The van der Waals surface area contributed by atoms with Crippen LogP contribution in [-0.4, -0.2) is 24.5 Å². The van der Waals surface area contributed by atoms with Gasteiger partial charge >= 0.3 is 42.1 Å². The molecule has 266 valence electrons. The minimum absolute atomic E-state index is 0. The Bertz CT molecular complexity index is 2800. The molecule has 7 nitrogen and oxygen atoms in total. The third kappa shape index (κ3) is 6.82. The van der Waals surface area contributed by atoms with Gasteiger partial charge in [0.05, 0.1) is 0 Å². The summed E-state index contributed by atoms with van der Waals surface area (Å²) in [6, 6.07) is 55.4. The number of hydrogen-bond acceptors (Lipinski definition) is 6. The monoisotopic (exact) mass is 1070 g/mol. The summed E-state index contributed by atoms with van der Waals surface area (Å²) in [4.78, 5) is 18.5. The maximum absolute atomic E-state index is 6.39. The molecular weight excluding hydrogens is 1040 g/mol. The van der Waals surface area contributed by atoms with Crippen molar-refractivity contribution >= 4 is 43.4 Å². The van der Waals surface area contributed by atoms with Gasteiger partial charge in [-0.2, -0.15) is 22.9 Å². The molecule has 10 aromatic rings. The van der Waals surface area contributed by atoms with Gasteiger partial charge < -0.3 is 24.0 Å². The van der Waals surface area contributed by atoms with Crippen molar-refractivity contribution in [1.82, 2.24) is 24.5 Å². The van der Waals surface area contributed by atoms with Crippen LogP contribution in [0.2, 0.25) is 0 Å². The van der Waals surface area contributed by atoms with Crippen LogP contribution in [0.15, 0.2) is 152 Å². The zero-order valence-corrected chi connectivity index (χ0v) is 33.2. The number of fused-ring (bicyclic) bond motifs is 5. The zero-order valence-electron chi connectivity index (χ0n) is 28.6. The summed E-state index contributed by atoms with van der Waals surface area (Å²) in [6.45, 7) is 0. The minimum Gasteiger partial charge on any atom is -0.503 e. The molecule has 0 aliphatic carbocycles. The van der Waals surface area contributed by atoms with Crippen LogP contribution >= 0.6 is 0 Å². The van der Waals surface area contributed by atoms with Crippen molar-refractivity contribution in [3.63, 3.8) is 0 Å². The standard InChI is InChI=1S/C46H25N5O2.2Pt/c1-3-14-38-30(8-1)20-24-47-44(38)32-10-5-12-34(26-32)52-36-16-18-40-41-19-17-37(29-43(41)51(42(40)28-36)46-49-22-7-23-50-46)53-35-13-6-11-33(27-35)45-39-15-4-2-9-31(39)21-25-48-45;;/h1-25H;;/q-4;2*+2. The Hall–Kier alpha value is -6.00. The Balaban J connectivity index is 0.00000214. The Kier molecular flexibility index (Phi) is 10.1. The molecule has 0 aliphatic heterocycles. The Morgan fingerprint density at radius 3 is 1.36 bits per heavy atom. The molecule has 0 atom stereocenters. The second-order valence-corrected chi connectivity index (χ2v) is 12.4. The summed E-state index contributed by atoms with van der Waals surface area (Å²) < 4.78 is 14.7. The van der Waals surface area contributed by atoms with Crippen LogP contribution in [-0.2, 0) is 42.1 Å². The molecule has 4 aromatic heterocycles. The largest absolute Gasteiger partial charge is 2.00 e. The maximum Gasteiger partial charge on any atom is 2.00 e. The summed E-state index contributed by atoms with van der Waals surface area (Å²) >= 11 is 0. The quantitative estimate of drug-likeness (QED) is 0.148. The van der Waals surface area contributed by atoms with Gasteiger partial charge in [0, 0.05) is 47.8 Å². The van der Waals surface area contributed by atoms with Gasteiger partial charge in [-0.25, -0.2) is 9.97 Å². The van der Waals surface area contributed by atoms with E-state index < -0.39 is 0 Å². The molecule has 0 amide bonds. The molecule has 0 N–H and O–H groups in total. The van der Waals surface area contributed by atoms with E-state index in [2.05, 4.69) is 68.5 Å². The van der Waals surface area contributed by atoms with Crippen LogP contribution in [0.25, 0.3) is 71.8 Å². The minimum atomic E-state index is 0. The number of ether oxygens (including phenoxy) is 2. The van der Waals surface area contributed by atoms with Crippen molar-refractivity contribution in [2.24, 2.45) is 0 Å². The summed E-state index contributed by atoms with van der Waals surface area (Å²) in [5, 5.41) is 6.21. The van der Waals surface area contributed by atoms with Crippen molar-refractivity contribution in [1.29, 1.82) is 0 Å². The third-order valence-electron chi connectivity index (χ3n) is 9.12. The first-order chi connectivity index (χ1) is 26.2. The molecule has 4 heterocycles. The van der Waals surface area contributed by atoms with Crippen molar-refractivity contribution in [2.45, 2.75) is 0 Å². The van der Waals surface area contributed by atoms with E-state index in [1.54, 1.807) is 18.5 Å². The molecule has 6 aromatic carbocycles. The van der Waals surface area contributed by atoms with Crippen LogP contribution in [0.4, 0.5) is 0 Å². The molecule has 55 heavy (non-hydrogen) atoms. The van der Waals surface area contributed by atoms with Gasteiger partial charge in [0.1, 0.15) is 0 Å². The van der Waals surface area contributed by atoms with Crippen molar-refractivity contribution in [3.05, 3.63) is 176 Å². The molecule has 0 saturated heterocycles. The molecule has 0 radical (unpaired) electrons. The predicted octanol–water partition coefficient (Wildman–Crippen LogP) is 10.8. The van der Waals surface area contributed by atoms with Crippen LogP contribution in [0, 0.1) is 24.3 Å². The summed E-state index contributed by atoms with van der Waals surface area (Å²) in [5.74, 6) is 2.60. The molecule has 0 spiro atoms. The molecule has 10 rings (SSSR count). The van der Waals surface area contributed by atoms with Gasteiger partial charge in [0.25, 0.3) is 0 Å². The smallest absolute Gasteiger partial charge is 0.503 e. The first-order valence-corrected chi connectivity index (χ1v) is 17.0. The summed E-state index contributed by atoms with van der Waals surface area (Å²) in [5.41, 5.74) is 4.84. The summed E-state index contributed by atoms with van der Waals surface area (Å²) in [6.07, 6.45) is 7.06. The average molecular weight is 1070 g/mol. The predicted molar refractivity (Wildman–Crippen MR) is 206 cm³/mol. The Labute approximate surface area is 345 Å². The first-order valence-electron chi connectivity index (χ1n) is 17.0. The van der Waals surface area contributed by atoms with Gasteiger partial charge in [0.2, 0.25) is 5.95 Å². The second-order valence-electron chi connectivity index (χ2n) is 12.4. The molecular formula is C46H25N5O2Pt2. The number of rotatable bonds is 7. The van der Waals surface area contributed by atoms with Crippen LogP contribution in [0.5, 0.6) is 23.0 Å². The van der Waals surface area contributed by atoms with Crippen LogP contribution in [0.1, 0.15) is 0 Å². The molecule has 0 aliphatic rings. The molecule has 0 bridgehead atoms. The fourth-order valence-corrected chi connectivity index (χ4v) is 6.75. The SMILES string of the molecule is [Pt+2].[Pt+2].[c-]1c(Oc2[c-]c3c(cc2)c2ccc(Oc4[c-]c(-c5nccc6ccccc56)ccc4)[c-]c2n3-c2ncccn2)cccc1-c1nccc2ccccc12. The van der Waals surface area contributed by atoms with Gasteiger partial charge in [-0.15, -0.1) is 71.8 Å². The maximum atomic E-state index is 6.39. The normalized spacial score (nSPS) is 11.0. The zero-order chi connectivity index (χ0) is 35.1. The van der Waals surface area contributed by atoms with E-state index in [0.717, 1.165) is 65.9 Å². The number of nitrogens with zero attached hydrogens (tertiary/aromatic N) is 5. The van der Waals surface area contributed by atoms with E-state index in [9.17, 15) is 0 Å². The van der Waals surface area contributed by atoms with E-state index in [1.807, 2.05) is 114 Å². The molecule has 0 saturated carbocycles. The van der Waals surface area contributed by atoms with Crippen LogP contribution < -0.4 is 9.47 Å². The van der Waals surface area contributed by atoms with Crippen LogP contribution in [0.3, 0.4) is 0 Å². The van der Waals surface area contributed by atoms with Gasteiger partial charge in [-0.3, -0.25) is 0 Å². The van der Waals surface area contributed by atoms with Gasteiger partial charge in [-0.1, -0.05) is 71.7 Å². The average Bonchev–Trinajstić information content (AvgIpc) is 3.53. The fourth-order valence-electron chi connectivity index (χ4n) is 6.75.